The number of hydrogen-bond acceptors (Lipinski definition) is 3. The van der Waals surface area contributed by atoms with Gasteiger partial charge in [0.2, 0.25) is 10.0 Å². The lowest BCUT2D eigenvalue weighted by Gasteiger charge is -2.08. The minimum absolute atomic E-state index is 0.216. The van der Waals surface area contributed by atoms with Crippen LogP contribution in [-0.2, 0) is 10.0 Å². The molecule has 1 atom stereocenters. The smallest absolute Gasteiger partial charge is 0.242 e. The fourth-order valence-electron chi connectivity index (χ4n) is 1.12. The quantitative estimate of drug-likeness (QED) is 0.666. The lowest BCUT2D eigenvalue weighted by atomic mass is 10.2. The summed E-state index contributed by atoms with van der Waals surface area (Å²) in [6.07, 6.45) is 3.58. The van der Waals surface area contributed by atoms with E-state index < -0.39 is 16.1 Å². The number of rotatable bonds is 6. The normalized spacial score (nSPS) is 14.0. The Morgan fingerprint density at radius 1 is 1.60 bits per heavy atom. The van der Waals surface area contributed by atoms with Gasteiger partial charge in [-0.15, -0.1) is 0 Å². The SMILES string of the molecule is CCC(O)CCNS(=O)(=O)c1cc[nH]c1. The molecule has 0 saturated carbocycles. The van der Waals surface area contributed by atoms with Crippen molar-refractivity contribution in [2.24, 2.45) is 0 Å². The molecule has 6 heteroatoms. The molecule has 1 aromatic rings. The summed E-state index contributed by atoms with van der Waals surface area (Å²) >= 11 is 0. The van der Waals surface area contributed by atoms with Gasteiger partial charge in [0.25, 0.3) is 0 Å². The maximum atomic E-state index is 11.6. The van der Waals surface area contributed by atoms with Crippen LogP contribution in [0.3, 0.4) is 0 Å². The summed E-state index contributed by atoms with van der Waals surface area (Å²) in [5.74, 6) is 0. The van der Waals surface area contributed by atoms with Gasteiger partial charge in [0, 0.05) is 18.9 Å². The van der Waals surface area contributed by atoms with E-state index in [9.17, 15) is 13.5 Å². The van der Waals surface area contributed by atoms with Crippen molar-refractivity contribution in [3.05, 3.63) is 18.5 Å². The third kappa shape index (κ3) is 3.65. The Labute approximate surface area is 89.6 Å². The second-order valence-electron chi connectivity index (χ2n) is 3.30. The summed E-state index contributed by atoms with van der Waals surface area (Å²) in [7, 11) is -3.41. The van der Waals surface area contributed by atoms with Crippen LogP contribution in [0.4, 0.5) is 0 Å². The van der Waals surface area contributed by atoms with Gasteiger partial charge in [-0.25, -0.2) is 13.1 Å². The first kappa shape index (κ1) is 12.2. The number of hydrogen-bond donors (Lipinski definition) is 3. The average Bonchev–Trinajstić information content (AvgIpc) is 2.70. The first-order valence-electron chi connectivity index (χ1n) is 4.86. The number of aromatic amines is 1. The monoisotopic (exact) mass is 232 g/mol. The van der Waals surface area contributed by atoms with Crippen LogP contribution >= 0.6 is 0 Å². The molecule has 0 bridgehead atoms. The van der Waals surface area contributed by atoms with E-state index in [1.807, 2.05) is 6.92 Å². The van der Waals surface area contributed by atoms with Gasteiger partial charge in [0.1, 0.15) is 0 Å². The van der Waals surface area contributed by atoms with Crippen molar-refractivity contribution in [3.8, 4) is 0 Å². The van der Waals surface area contributed by atoms with E-state index in [0.29, 0.717) is 12.8 Å². The highest BCUT2D eigenvalue weighted by Crippen LogP contribution is 2.06. The molecular formula is C9H16N2O3S. The molecule has 3 N–H and O–H groups in total. The summed E-state index contributed by atoms with van der Waals surface area (Å²) in [6.45, 7) is 2.11. The fourth-order valence-corrected chi connectivity index (χ4v) is 2.15. The molecule has 0 aliphatic carbocycles. The highest BCUT2D eigenvalue weighted by molar-refractivity contribution is 7.89. The number of nitrogens with one attached hydrogen (secondary N) is 2. The van der Waals surface area contributed by atoms with Crippen LogP contribution in [0.15, 0.2) is 23.4 Å². The van der Waals surface area contributed by atoms with E-state index in [0.717, 1.165) is 0 Å². The standard InChI is InChI=1S/C9H16N2O3S/c1-2-8(12)3-6-11-15(13,14)9-4-5-10-7-9/h4-5,7-8,10-12H,2-3,6H2,1H3. The van der Waals surface area contributed by atoms with E-state index >= 15 is 0 Å². The molecule has 5 nitrogen and oxygen atoms in total. The van der Waals surface area contributed by atoms with Crippen molar-refractivity contribution in [1.82, 2.24) is 9.71 Å². The molecule has 0 amide bonds. The van der Waals surface area contributed by atoms with Gasteiger partial charge < -0.3 is 10.1 Å². The molecule has 0 saturated heterocycles. The number of aliphatic hydroxyl groups is 1. The summed E-state index contributed by atoms with van der Waals surface area (Å²) in [5, 5.41) is 9.24. The lowest BCUT2D eigenvalue weighted by Crippen LogP contribution is -2.26. The van der Waals surface area contributed by atoms with Gasteiger partial charge in [-0.1, -0.05) is 6.92 Å². The largest absolute Gasteiger partial charge is 0.393 e. The minimum Gasteiger partial charge on any atom is -0.393 e. The number of sulfonamides is 1. The third-order valence-electron chi connectivity index (χ3n) is 2.12. The molecule has 0 radical (unpaired) electrons. The van der Waals surface area contributed by atoms with Crippen LogP contribution < -0.4 is 4.72 Å². The van der Waals surface area contributed by atoms with Crippen molar-refractivity contribution >= 4 is 10.0 Å². The van der Waals surface area contributed by atoms with Gasteiger partial charge in [0.05, 0.1) is 11.0 Å². The van der Waals surface area contributed by atoms with Gasteiger partial charge in [-0.2, -0.15) is 0 Å². The van der Waals surface area contributed by atoms with Gasteiger partial charge in [-0.3, -0.25) is 0 Å². The number of H-pyrrole nitrogens is 1. The zero-order valence-corrected chi connectivity index (χ0v) is 9.42. The van der Waals surface area contributed by atoms with Crippen molar-refractivity contribution in [2.45, 2.75) is 30.8 Å². The first-order chi connectivity index (χ1) is 7.06. The predicted molar refractivity (Wildman–Crippen MR) is 56.9 cm³/mol. The van der Waals surface area contributed by atoms with Gasteiger partial charge in [-0.05, 0) is 18.9 Å². The van der Waals surface area contributed by atoms with E-state index in [1.165, 1.54) is 12.3 Å². The minimum atomic E-state index is -3.41. The van der Waals surface area contributed by atoms with Gasteiger partial charge >= 0.3 is 0 Å². The average molecular weight is 232 g/mol. The van der Waals surface area contributed by atoms with E-state index in [4.69, 9.17) is 0 Å². The second kappa shape index (κ2) is 5.29. The van der Waals surface area contributed by atoms with Crippen LogP contribution in [0.2, 0.25) is 0 Å². The van der Waals surface area contributed by atoms with Gasteiger partial charge in [0.15, 0.2) is 0 Å². The summed E-state index contributed by atoms with van der Waals surface area (Å²) < 4.78 is 25.5. The third-order valence-corrected chi connectivity index (χ3v) is 3.58. The van der Waals surface area contributed by atoms with Crippen LogP contribution in [0, 0.1) is 0 Å². The Kier molecular flexibility index (Phi) is 4.31. The molecule has 1 heterocycles. The fraction of sp³-hybridized carbons (Fsp3) is 0.556. The molecule has 1 aromatic heterocycles. The van der Waals surface area contributed by atoms with E-state index in [1.54, 1.807) is 6.20 Å². The number of aromatic nitrogens is 1. The molecule has 15 heavy (non-hydrogen) atoms. The Hall–Kier alpha value is -0.850. The summed E-state index contributed by atoms with van der Waals surface area (Å²) in [5.41, 5.74) is 0. The second-order valence-corrected chi connectivity index (χ2v) is 5.06. The topological polar surface area (TPSA) is 82.2 Å². The lowest BCUT2D eigenvalue weighted by molar-refractivity contribution is 0.162. The Morgan fingerprint density at radius 2 is 2.33 bits per heavy atom. The van der Waals surface area contributed by atoms with Crippen molar-refractivity contribution < 1.29 is 13.5 Å². The molecule has 1 unspecified atom stereocenters. The first-order valence-corrected chi connectivity index (χ1v) is 6.35. The van der Waals surface area contributed by atoms with Crippen molar-refractivity contribution in [1.29, 1.82) is 0 Å². The Morgan fingerprint density at radius 3 is 2.87 bits per heavy atom. The maximum Gasteiger partial charge on any atom is 0.242 e. The van der Waals surface area contributed by atoms with Crippen LogP contribution in [-0.4, -0.2) is 31.2 Å². The highest BCUT2D eigenvalue weighted by Gasteiger charge is 2.13. The Balaban J connectivity index is 2.45. The highest BCUT2D eigenvalue weighted by atomic mass is 32.2. The van der Waals surface area contributed by atoms with Crippen LogP contribution in [0.5, 0.6) is 0 Å². The molecule has 1 rings (SSSR count). The number of aliphatic hydroxyl groups excluding tert-OH is 1. The molecular weight excluding hydrogens is 216 g/mol. The molecule has 0 aliphatic heterocycles. The summed E-state index contributed by atoms with van der Waals surface area (Å²) in [4.78, 5) is 2.89. The molecule has 0 spiro atoms. The zero-order valence-electron chi connectivity index (χ0n) is 8.60. The maximum absolute atomic E-state index is 11.6. The van der Waals surface area contributed by atoms with Crippen LogP contribution in [0.1, 0.15) is 19.8 Å². The molecule has 0 aromatic carbocycles. The molecule has 86 valence electrons. The molecule has 0 aliphatic rings. The zero-order chi connectivity index (χ0) is 11.3. The van der Waals surface area contributed by atoms with E-state index in [-0.39, 0.29) is 11.4 Å². The summed E-state index contributed by atoms with van der Waals surface area (Å²) in [6, 6.07) is 1.48. The molecule has 0 fully saturated rings. The Bertz CT molecular complexity index is 372. The predicted octanol–water partition coefficient (Wildman–Crippen LogP) is 0.454. The van der Waals surface area contributed by atoms with Crippen molar-refractivity contribution in [3.63, 3.8) is 0 Å². The van der Waals surface area contributed by atoms with Crippen molar-refractivity contribution in [2.75, 3.05) is 6.54 Å². The van der Waals surface area contributed by atoms with E-state index in [2.05, 4.69) is 9.71 Å². The van der Waals surface area contributed by atoms with Crippen LogP contribution in [0.25, 0.3) is 0 Å².